The topological polar surface area (TPSA) is 37.8 Å². The van der Waals surface area contributed by atoms with Crippen molar-refractivity contribution in [3.63, 3.8) is 0 Å². The van der Waals surface area contributed by atoms with Crippen LogP contribution in [-0.4, -0.2) is 16.5 Å². The third-order valence-corrected chi connectivity index (χ3v) is 1.98. The van der Waals surface area contributed by atoms with Crippen LogP contribution in [-0.2, 0) is 0 Å². The third kappa shape index (κ3) is 3.17. The Morgan fingerprint density at radius 2 is 1.93 bits per heavy atom. The van der Waals surface area contributed by atoms with Gasteiger partial charge < -0.3 is 5.32 Å². The van der Waals surface area contributed by atoms with E-state index in [0.717, 1.165) is 29.9 Å². The molecule has 3 nitrogen and oxygen atoms in total. The summed E-state index contributed by atoms with van der Waals surface area (Å²) in [5.74, 6) is 0.692. The summed E-state index contributed by atoms with van der Waals surface area (Å²) < 4.78 is 0. The Labute approximate surface area is 85.3 Å². The molecular weight excluding hydrogens is 174 g/mol. The molecule has 0 amide bonds. The molecule has 0 aliphatic carbocycles. The first-order chi connectivity index (χ1) is 6.61. The van der Waals surface area contributed by atoms with Crippen LogP contribution in [0.1, 0.15) is 24.7 Å². The van der Waals surface area contributed by atoms with Crippen molar-refractivity contribution in [1.82, 2.24) is 9.97 Å². The van der Waals surface area contributed by atoms with E-state index in [1.54, 1.807) is 0 Å². The minimum Gasteiger partial charge on any atom is -0.350 e. The summed E-state index contributed by atoms with van der Waals surface area (Å²) >= 11 is 0. The molecule has 0 saturated carbocycles. The number of nitrogens with zero attached hydrogens (tertiary/aromatic N) is 2. The highest BCUT2D eigenvalue weighted by atomic mass is 15.1. The first-order valence-corrected chi connectivity index (χ1v) is 4.84. The molecule has 3 heteroatoms. The molecule has 14 heavy (non-hydrogen) atoms. The molecule has 0 aliphatic heterocycles. The highest BCUT2D eigenvalue weighted by Crippen LogP contribution is 2.05. The van der Waals surface area contributed by atoms with E-state index in [9.17, 15) is 0 Å². The minimum atomic E-state index is 0.692. The summed E-state index contributed by atoms with van der Waals surface area (Å²) in [5, 5.41) is 3.16. The van der Waals surface area contributed by atoms with Gasteiger partial charge in [0, 0.05) is 17.9 Å². The highest BCUT2D eigenvalue weighted by molar-refractivity contribution is 5.29. The van der Waals surface area contributed by atoms with E-state index in [-0.39, 0.29) is 0 Å². The lowest BCUT2D eigenvalue weighted by atomic mass is 10.2. The summed E-state index contributed by atoms with van der Waals surface area (Å²) in [6.07, 6.45) is 0.984. The molecule has 1 aromatic rings. The average Bonchev–Trinajstić information content (AvgIpc) is 2.12. The van der Waals surface area contributed by atoms with Crippen molar-refractivity contribution < 1.29 is 0 Å². The van der Waals surface area contributed by atoms with Crippen molar-refractivity contribution in [2.75, 3.05) is 11.9 Å². The fourth-order valence-electron chi connectivity index (χ4n) is 1.13. The largest absolute Gasteiger partial charge is 0.350 e. The first kappa shape index (κ1) is 10.7. The third-order valence-electron chi connectivity index (χ3n) is 1.98. The van der Waals surface area contributed by atoms with Gasteiger partial charge in [0.25, 0.3) is 0 Å². The molecule has 0 aromatic carbocycles. The van der Waals surface area contributed by atoms with E-state index < -0.39 is 0 Å². The van der Waals surface area contributed by atoms with Gasteiger partial charge in [-0.3, -0.25) is 0 Å². The van der Waals surface area contributed by atoms with E-state index in [4.69, 9.17) is 0 Å². The van der Waals surface area contributed by atoms with Crippen molar-refractivity contribution in [3.05, 3.63) is 29.6 Å². The lowest BCUT2D eigenvalue weighted by molar-refractivity contribution is 0.993. The van der Waals surface area contributed by atoms with Gasteiger partial charge in [0.15, 0.2) is 0 Å². The van der Waals surface area contributed by atoms with Gasteiger partial charge in [-0.2, -0.15) is 0 Å². The van der Waals surface area contributed by atoms with Crippen LogP contribution in [0.2, 0.25) is 0 Å². The van der Waals surface area contributed by atoms with Crippen molar-refractivity contribution in [2.45, 2.75) is 27.2 Å². The number of anilines is 1. The Morgan fingerprint density at radius 1 is 1.36 bits per heavy atom. The van der Waals surface area contributed by atoms with Crippen LogP contribution >= 0.6 is 0 Å². The van der Waals surface area contributed by atoms with Gasteiger partial charge in [0.2, 0.25) is 5.95 Å². The predicted molar refractivity (Wildman–Crippen MR) is 59.4 cm³/mol. The zero-order chi connectivity index (χ0) is 10.6. The zero-order valence-electron chi connectivity index (χ0n) is 9.09. The van der Waals surface area contributed by atoms with Crippen LogP contribution in [0.5, 0.6) is 0 Å². The van der Waals surface area contributed by atoms with Gasteiger partial charge in [0.1, 0.15) is 0 Å². The molecule has 1 rings (SSSR count). The van der Waals surface area contributed by atoms with Gasteiger partial charge in [-0.25, -0.2) is 9.97 Å². The van der Waals surface area contributed by atoms with Gasteiger partial charge in [0.05, 0.1) is 0 Å². The van der Waals surface area contributed by atoms with E-state index >= 15 is 0 Å². The summed E-state index contributed by atoms with van der Waals surface area (Å²) in [7, 11) is 0. The molecule has 0 aliphatic rings. The van der Waals surface area contributed by atoms with Crippen LogP contribution in [0.3, 0.4) is 0 Å². The molecule has 0 atom stereocenters. The zero-order valence-corrected chi connectivity index (χ0v) is 9.09. The Bertz CT molecular complexity index is 311. The maximum absolute atomic E-state index is 4.28. The monoisotopic (exact) mass is 191 g/mol. The fourth-order valence-corrected chi connectivity index (χ4v) is 1.13. The summed E-state index contributed by atoms with van der Waals surface area (Å²) in [4.78, 5) is 8.55. The molecule has 1 heterocycles. The molecule has 0 radical (unpaired) electrons. The smallest absolute Gasteiger partial charge is 0.223 e. The molecular formula is C11H17N3. The first-order valence-electron chi connectivity index (χ1n) is 4.84. The van der Waals surface area contributed by atoms with Crippen molar-refractivity contribution in [2.24, 2.45) is 0 Å². The van der Waals surface area contributed by atoms with Crippen LogP contribution in [0, 0.1) is 13.8 Å². The molecule has 0 fully saturated rings. The Morgan fingerprint density at radius 3 is 2.43 bits per heavy atom. The lowest BCUT2D eigenvalue weighted by Gasteiger charge is -2.06. The van der Waals surface area contributed by atoms with E-state index in [0.29, 0.717) is 5.95 Å². The normalized spacial score (nSPS) is 9.93. The second kappa shape index (κ2) is 4.74. The van der Waals surface area contributed by atoms with Gasteiger partial charge >= 0.3 is 0 Å². The summed E-state index contributed by atoms with van der Waals surface area (Å²) in [6, 6.07) is 1.96. The maximum atomic E-state index is 4.28. The second-order valence-electron chi connectivity index (χ2n) is 3.43. The number of nitrogens with one attached hydrogen (secondary N) is 1. The Kier molecular flexibility index (Phi) is 3.63. The van der Waals surface area contributed by atoms with Crippen molar-refractivity contribution in [3.8, 4) is 0 Å². The molecule has 0 bridgehead atoms. The number of hydrogen-bond donors (Lipinski definition) is 1. The molecule has 76 valence electrons. The average molecular weight is 191 g/mol. The van der Waals surface area contributed by atoms with Crippen molar-refractivity contribution in [1.29, 1.82) is 0 Å². The van der Waals surface area contributed by atoms with E-state index in [1.165, 1.54) is 0 Å². The summed E-state index contributed by atoms with van der Waals surface area (Å²) in [6.45, 7) is 10.7. The van der Waals surface area contributed by atoms with Gasteiger partial charge in [-0.1, -0.05) is 19.1 Å². The SMILES string of the molecule is C=C(CC)CNc1nc(C)cc(C)n1. The number of aromatic nitrogens is 2. The van der Waals surface area contributed by atoms with Crippen molar-refractivity contribution >= 4 is 5.95 Å². The minimum absolute atomic E-state index is 0.692. The van der Waals surface area contributed by atoms with Gasteiger partial charge in [-0.15, -0.1) is 0 Å². The lowest BCUT2D eigenvalue weighted by Crippen LogP contribution is -2.08. The highest BCUT2D eigenvalue weighted by Gasteiger charge is 1.98. The Hall–Kier alpha value is -1.38. The van der Waals surface area contributed by atoms with Crippen LogP contribution in [0.25, 0.3) is 0 Å². The van der Waals surface area contributed by atoms with Crippen LogP contribution < -0.4 is 5.32 Å². The van der Waals surface area contributed by atoms with E-state index in [2.05, 4.69) is 28.8 Å². The van der Waals surface area contributed by atoms with Crippen LogP contribution in [0.15, 0.2) is 18.2 Å². The number of rotatable bonds is 4. The summed E-state index contributed by atoms with van der Waals surface area (Å²) in [5.41, 5.74) is 3.14. The fraction of sp³-hybridized carbons (Fsp3) is 0.455. The maximum Gasteiger partial charge on any atom is 0.223 e. The number of hydrogen-bond acceptors (Lipinski definition) is 3. The van der Waals surface area contributed by atoms with E-state index in [1.807, 2.05) is 19.9 Å². The molecule has 1 N–H and O–H groups in total. The van der Waals surface area contributed by atoms with Crippen LogP contribution in [0.4, 0.5) is 5.95 Å². The molecule has 0 unspecified atom stereocenters. The quantitative estimate of drug-likeness (QED) is 0.743. The molecule has 0 spiro atoms. The number of aryl methyl sites for hydroxylation is 2. The molecule has 0 saturated heterocycles. The second-order valence-corrected chi connectivity index (χ2v) is 3.43. The molecule has 1 aromatic heterocycles. The standard InChI is InChI=1S/C11H17N3/c1-5-8(2)7-12-11-13-9(3)6-10(4)14-11/h6H,2,5,7H2,1,3-4H3,(H,12,13,14). The van der Waals surface area contributed by atoms with Gasteiger partial charge in [-0.05, 0) is 26.3 Å². The Balaban J connectivity index is 2.63. The predicted octanol–water partition coefficient (Wildman–Crippen LogP) is 2.47.